The number of nitro groups is 2. The average Bonchev–Trinajstić information content (AvgIpc) is 2.62. The molecule has 0 N–H and O–H groups in total. The molecule has 0 saturated heterocycles. The number of hydrogen-bond acceptors (Lipinski definition) is 5. The van der Waals surface area contributed by atoms with Crippen molar-refractivity contribution in [2.45, 2.75) is 13.8 Å². The number of benzene rings is 3. The van der Waals surface area contributed by atoms with Crippen LogP contribution in [-0.2, 0) is 0 Å². The van der Waals surface area contributed by atoms with Crippen molar-refractivity contribution in [1.29, 1.82) is 0 Å². The minimum Gasteiger partial charge on any atom is -0.310 e. The maximum absolute atomic E-state index is 11.1. The molecule has 3 aromatic carbocycles. The van der Waals surface area contributed by atoms with Crippen molar-refractivity contribution in [3.63, 3.8) is 0 Å². The van der Waals surface area contributed by atoms with Gasteiger partial charge in [-0.1, -0.05) is 18.2 Å². The van der Waals surface area contributed by atoms with E-state index in [1.54, 1.807) is 38.1 Å². The van der Waals surface area contributed by atoms with Crippen LogP contribution in [-0.4, -0.2) is 9.85 Å². The molecule has 0 fully saturated rings. The summed E-state index contributed by atoms with van der Waals surface area (Å²) in [5, 5.41) is 22.2. The highest BCUT2D eigenvalue weighted by Gasteiger charge is 2.19. The molecule has 0 aromatic heterocycles. The normalized spacial score (nSPS) is 10.4. The molecule has 0 unspecified atom stereocenters. The monoisotopic (exact) mass is 363 g/mol. The summed E-state index contributed by atoms with van der Waals surface area (Å²) in [6, 6.07) is 19.3. The molecule has 0 atom stereocenters. The van der Waals surface area contributed by atoms with Crippen LogP contribution in [0.15, 0.2) is 66.7 Å². The van der Waals surface area contributed by atoms with Crippen molar-refractivity contribution in [2.75, 3.05) is 4.90 Å². The number of para-hydroxylation sites is 1. The first-order valence-corrected chi connectivity index (χ1v) is 8.24. The third-order valence-corrected chi connectivity index (χ3v) is 4.28. The zero-order valence-electron chi connectivity index (χ0n) is 14.8. The van der Waals surface area contributed by atoms with Crippen LogP contribution in [0, 0.1) is 34.1 Å². The second kappa shape index (κ2) is 7.25. The van der Waals surface area contributed by atoms with Crippen LogP contribution in [0.1, 0.15) is 11.1 Å². The van der Waals surface area contributed by atoms with Crippen LogP contribution in [0.3, 0.4) is 0 Å². The molecule has 3 rings (SSSR count). The van der Waals surface area contributed by atoms with Gasteiger partial charge in [-0.25, -0.2) is 0 Å². The van der Waals surface area contributed by atoms with Gasteiger partial charge in [0.25, 0.3) is 11.4 Å². The lowest BCUT2D eigenvalue weighted by Crippen LogP contribution is -2.11. The van der Waals surface area contributed by atoms with Crippen molar-refractivity contribution in [3.8, 4) is 0 Å². The summed E-state index contributed by atoms with van der Waals surface area (Å²) in [5.41, 5.74) is 3.49. The van der Waals surface area contributed by atoms with E-state index in [0.717, 1.165) is 17.1 Å². The first-order valence-electron chi connectivity index (χ1n) is 8.24. The fourth-order valence-corrected chi connectivity index (χ4v) is 2.99. The quantitative estimate of drug-likeness (QED) is 0.435. The lowest BCUT2D eigenvalue weighted by Gasteiger charge is -2.26. The molecule has 0 heterocycles. The Labute approximate surface area is 155 Å². The summed E-state index contributed by atoms with van der Waals surface area (Å²) >= 11 is 0. The number of rotatable bonds is 5. The van der Waals surface area contributed by atoms with E-state index in [2.05, 4.69) is 0 Å². The van der Waals surface area contributed by atoms with Gasteiger partial charge in [0.2, 0.25) is 0 Å². The smallest absolute Gasteiger partial charge is 0.272 e. The van der Waals surface area contributed by atoms with E-state index in [0.29, 0.717) is 11.1 Å². The van der Waals surface area contributed by atoms with E-state index < -0.39 is 9.85 Å². The van der Waals surface area contributed by atoms with E-state index in [4.69, 9.17) is 0 Å². The largest absolute Gasteiger partial charge is 0.310 e. The molecule has 27 heavy (non-hydrogen) atoms. The molecule has 0 radical (unpaired) electrons. The molecule has 0 aliphatic rings. The molecule has 136 valence electrons. The molecular weight excluding hydrogens is 346 g/mol. The summed E-state index contributed by atoms with van der Waals surface area (Å²) in [4.78, 5) is 23.3. The van der Waals surface area contributed by atoms with E-state index in [1.807, 2.05) is 35.2 Å². The zero-order chi connectivity index (χ0) is 19.6. The Hall–Kier alpha value is -3.74. The summed E-state index contributed by atoms with van der Waals surface area (Å²) < 4.78 is 0. The molecule has 0 saturated carbocycles. The van der Waals surface area contributed by atoms with Crippen molar-refractivity contribution in [3.05, 3.63) is 98.1 Å². The summed E-state index contributed by atoms with van der Waals surface area (Å²) in [5.74, 6) is 0. The summed E-state index contributed by atoms with van der Waals surface area (Å²) in [6.07, 6.45) is 0. The van der Waals surface area contributed by atoms with Gasteiger partial charge in [-0.3, -0.25) is 20.2 Å². The molecule has 7 nitrogen and oxygen atoms in total. The van der Waals surface area contributed by atoms with Crippen LogP contribution in [0.25, 0.3) is 0 Å². The van der Waals surface area contributed by atoms with Gasteiger partial charge in [-0.15, -0.1) is 0 Å². The van der Waals surface area contributed by atoms with Crippen LogP contribution < -0.4 is 4.90 Å². The van der Waals surface area contributed by atoms with Crippen LogP contribution in [0.2, 0.25) is 0 Å². The Morgan fingerprint density at radius 3 is 1.48 bits per heavy atom. The highest BCUT2D eigenvalue weighted by atomic mass is 16.6. The van der Waals surface area contributed by atoms with Gasteiger partial charge in [0.05, 0.1) is 9.85 Å². The van der Waals surface area contributed by atoms with Gasteiger partial charge in [0.15, 0.2) is 0 Å². The third kappa shape index (κ3) is 3.62. The van der Waals surface area contributed by atoms with Crippen LogP contribution in [0.5, 0.6) is 0 Å². The molecule has 3 aromatic rings. The minimum absolute atomic E-state index is 0.0478. The van der Waals surface area contributed by atoms with E-state index in [-0.39, 0.29) is 11.4 Å². The number of hydrogen-bond donors (Lipinski definition) is 0. The van der Waals surface area contributed by atoms with E-state index in [1.165, 1.54) is 12.1 Å². The third-order valence-electron chi connectivity index (χ3n) is 4.28. The maximum atomic E-state index is 11.1. The number of nitrogens with zero attached hydrogens (tertiary/aromatic N) is 3. The average molecular weight is 363 g/mol. The Bertz CT molecular complexity index is 955. The Morgan fingerprint density at radius 1 is 0.667 bits per heavy atom. The number of nitro benzene ring substituents is 2. The molecule has 0 aliphatic heterocycles. The van der Waals surface area contributed by atoms with Crippen molar-refractivity contribution < 1.29 is 9.85 Å². The fourth-order valence-electron chi connectivity index (χ4n) is 2.99. The molecule has 7 heteroatoms. The predicted molar refractivity (Wildman–Crippen MR) is 104 cm³/mol. The van der Waals surface area contributed by atoms with Gasteiger partial charge in [-0.05, 0) is 50.2 Å². The Kier molecular flexibility index (Phi) is 4.85. The molecule has 0 amide bonds. The van der Waals surface area contributed by atoms with Gasteiger partial charge in [-0.2, -0.15) is 0 Å². The Balaban J connectivity index is 2.16. The van der Waals surface area contributed by atoms with Gasteiger partial charge < -0.3 is 4.90 Å². The van der Waals surface area contributed by atoms with Gasteiger partial charge in [0.1, 0.15) is 0 Å². The zero-order valence-corrected chi connectivity index (χ0v) is 14.8. The topological polar surface area (TPSA) is 89.5 Å². The maximum Gasteiger partial charge on any atom is 0.272 e. The minimum atomic E-state index is -0.415. The first kappa shape index (κ1) is 18.1. The summed E-state index contributed by atoms with van der Waals surface area (Å²) in [7, 11) is 0. The highest BCUT2D eigenvalue weighted by Crippen LogP contribution is 2.37. The van der Waals surface area contributed by atoms with Crippen molar-refractivity contribution in [2.24, 2.45) is 0 Å². The predicted octanol–water partition coefficient (Wildman–Crippen LogP) is 5.59. The summed E-state index contributed by atoms with van der Waals surface area (Å²) in [6.45, 7) is 3.37. The number of anilines is 3. The fraction of sp³-hybridized carbons (Fsp3) is 0.100. The standard InChI is InChI=1S/C20H17N3O4/c1-14-12-17(8-10-19(14)22(24)25)21(16-6-4-3-5-7-16)18-9-11-20(23(26)27)15(2)13-18/h3-13H,1-2H3. The number of aryl methyl sites for hydroxylation is 2. The second-order valence-corrected chi connectivity index (χ2v) is 6.13. The molecular formula is C20H17N3O4. The van der Waals surface area contributed by atoms with Gasteiger partial charge >= 0.3 is 0 Å². The SMILES string of the molecule is Cc1cc(N(c2ccccc2)c2ccc([N+](=O)[O-])c(C)c2)ccc1[N+](=O)[O-]. The van der Waals surface area contributed by atoms with E-state index in [9.17, 15) is 20.2 Å². The second-order valence-electron chi connectivity index (χ2n) is 6.13. The lowest BCUT2D eigenvalue weighted by atomic mass is 10.1. The van der Waals surface area contributed by atoms with Crippen LogP contribution in [0.4, 0.5) is 28.4 Å². The van der Waals surface area contributed by atoms with Gasteiger partial charge in [0, 0.05) is 40.3 Å². The highest BCUT2D eigenvalue weighted by molar-refractivity contribution is 5.78. The molecule has 0 spiro atoms. The lowest BCUT2D eigenvalue weighted by molar-refractivity contribution is -0.385. The van der Waals surface area contributed by atoms with Crippen LogP contribution >= 0.6 is 0 Å². The molecule has 0 aliphatic carbocycles. The first-order chi connectivity index (χ1) is 12.9. The van der Waals surface area contributed by atoms with E-state index >= 15 is 0 Å². The molecule has 0 bridgehead atoms. The van der Waals surface area contributed by atoms with Crippen molar-refractivity contribution in [1.82, 2.24) is 0 Å². The Morgan fingerprint density at radius 2 is 1.11 bits per heavy atom. The van der Waals surface area contributed by atoms with Crippen molar-refractivity contribution >= 4 is 28.4 Å².